The summed E-state index contributed by atoms with van der Waals surface area (Å²) in [6, 6.07) is 5.45. The number of nitrogens with zero attached hydrogens (tertiary/aromatic N) is 3. The summed E-state index contributed by atoms with van der Waals surface area (Å²) in [5.41, 5.74) is 6.30. The highest BCUT2D eigenvalue weighted by molar-refractivity contribution is 6.35. The quantitative estimate of drug-likeness (QED) is 0.919. The van der Waals surface area contributed by atoms with Crippen molar-refractivity contribution < 1.29 is 4.52 Å². The van der Waals surface area contributed by atoms with E-state index in [0.717, 1.165) is 5.56 Å². The van der Waals surface area contributed by atoms with Gasteiger partial charge in [-0.1, -0.05) is 34.4 Å². The Kier molecular flexibility index (Phi) is 4.76. The second-order valence-corrected chi connectivity index (χ2v) is 5.00. The standard InChI is InChI=1S/C12H14Cl2N4O/c1-18(7-11-16-12(5-15)19-17-11)6-8-9(13)3-2-4-10(8)14/h2-4H,5-7,15H2,1H3. The number of rotatable bonds is 5. The molecule has 2 N–H and O–H groups in total. The Hall–Kier alpha value is -1.14. The summed E-state index contributed by atoms with van der Waals surface area (Å²) >= 11 is 12.3. The van der Waals surface area contributed by atoms with Crippen molar-refractivity contribution in [3.63, 3.8) is 0 Å². The molecule has 0 atom stereocenters. The van der Waals surface area contributed by atoms with Crippen LogP contribution >= 0.6 is 23.2 Å². The molecule has 0 spiro atoms. The maximum absolute atomic E-state index is 6.13. The van der Waals surface area contributed by atoms with E-state index in [0.29, 0.717) is 34.8 Å². The fourth-order valence-corrected chi connectivity index (χ4v) is 2.20. The van der Waals surface area contributed by atoms with E-state index in [1.54, 1.807) is 0 Å². The molecule has 2 rings (SSSR count). The van der Waals surface area contributed by atoms with Gasteiger partial charge in [-0.2, -0.15) is 4.98 Å². The normalized spacial score (nSPS) is 11.2. The molecule has 7 heteroatoms. The molecule has 0 unspecified atom stereocenters. The highest BCUT2D eigenvalue weighted by atomic mass is 35.5. The van der Waals surface area contributed by atoms with Crippen LogP contribution < -0.4 is 5.73 Å². The van der Waals surface area contributed by atoms with E-state index in [2.05, 4.69) is 10.1 Å². The van der Waals surface area contributed by atoms with Crippen LogP contribution in [0.4, 0.5) is 0 Å². The number of aromatic nitrogens is 2. The number of halogens is 2. The van der Waals surface area contributed by atoms with Crippen molar-refractivity contribution in [1.29, 1.82) is 0 Å². The Balaban J connectivity index is 2.03. The third-order valence-electron chi connectivity index (χ3n) is 2.59. The van der Waals surface area contributed by atoms with Crippen molar-refractivity contribution >= 4 is 23.2 Å². The monoisotopic (exact) mass is 300 g/mol. The van der Waals surface area contributed by atoms with Gasteiger partial charge in [-0.15, -0.1) is 0 Å². The lowest BCUT2D eigenvalue weighted by atomic mass is 10.2. The Morgan fingerprint density at radius 1 is 1.26 bits per heavy atom. The Bertz CT molecular complexity index is 538. The first kappa shape index (κ1) is 14.3. The minimum absolute atomic E-state index is 0.243. The molecule has 1 aromatic heterocycles. The van der Waals surface area contributed by atoms with Crippen LogP contribution in [0, 0.1) is 0 Å². The van der Waals surface area contributed by atoms with Gasteiger partial charge < -0.3 is 10.3 Å². The fraction of sp³-hybridized carbons (Fsp3) is 0.333. The lowest BCUT2D eigenvalue weighted by molar-refractivity contribution is 0.300. The van der Waals surface area contributed by atoms with E-state index in [1.807, 2.05) is 30.1 Å². The van der Waals surface area contributed by atoms with Crippen molar-refractivity contribution in [1.82, 2.24) is 15.0 Å². The van der Waals surface area contributed by atoms with Crippen molar-refractivity contribution in [2.75, 3.05) is 7.05 Å². The molecular formula is C12H14Cl2N4O. The molecule has 0 aliphatic carbocycles. The molecule has 0 radical (unpaired) electrons. The molecule has 0 fully saturated rings. The molecule has 19 heavy (non-hydrogen) atoms. The van der Waals surface area contributed by atoms with Gasteiger partial charge in [0, 0.05) is 22.2 Å². The molecule has 1 aromatic carbocycles. The zero-order valence-corrected chi connectivity index (χ0v) is 11.9. The first-order valence-corrected chi connectivity index (χ1v) is 6.48. The topological polar surface area (TPSA) is 68.2 Å². The first-order chi connectivity index (χ1) is 9.10. The summed E-state index contributed by atoms with van der Waals surface area (Å²) in [6.45, 7) is 1.38. The van der Waals surface area contributed by atoms with Crippen LogP contribution in [0.25, 0.3) is 0 Å². The van der Waals surface area contributed by atoms with Gasteiger partial charge in [0.1, 0.15) is 0 Å². The van der Waals surface area contributed by atoms with Gasteiger partial charge in [-0.3, -0.25) is 4.90 Å². The summed E-state index contributed by atoms with van der Waals surface area (Å²) in [6.07, 6.45) is 0. The molecule has 5 nitrogen and oxygen atoms in total. The average molecular weight is 301 g/mol. The van der Waals surface area contributed by atoms with E-state index >= 15 is 0 Å². The Labute approximate surface area is 121 Å². The van der Waals surface area contributed by atoms with Gasteiger partial charge in [-0.25, -0.2) is 0 Å². The Morgan fingerprint density at radius 3 is 2.53 bits per heavy atom. The summed E-state index contributed by atoms with van der Waals surface area (Å²) in [4.78, 5) is 6.14. The number of benzene rings is 1. The second-order valence-electron chi connectivity index (χ2n) is 4.18. The minimum atomic E-state index is 0.243. The molecule has 0 bridgehead atoms. The third-order valence-corrected chi connectivity index (χ3v) is 3.29. The maximum Gasteiger partial charge on any atom is 0.240 e. The van der Waals surface area contributed by atoms with Gasteiger partial charge >= 0.3 is 0 Å². The lowest BCUT2D eigenvalue weighted by Crippen LogP contribution is -2.18. The van der Waals surface area contributed by atoms with Crippen molar-refractivity contribution in [2.45, 2.75) is 19.6 Å². The van der Waals surface area contributed by atoms with E-state index in [-0.39, 0.29) is 6.54 Å². The van der Waals surface area contributed by atoms with E-state index < -0.39 is 0 Å². The van der Waals surface area contributed by atoms with Gasteiger partial charge in [0.15, 0.2) is 5.82 Å². The lowest BCUT2D eigenvalue weighted by Gasteiger charge is -2.16. The number of hydrogen-bond acceptors (Lipinski definition) is 5. The maximum atomic E-state index is 6.13. The molecule has 0 amide bonds. The zero-order chi connectivity index (χ0) is 13.8. The van der Waals surface area contributed by atoms with Gasteiger partial charge in [-0.05, 0) is 19.2 Å². The highest BCUT2D eigenvalue weighted by Crippen LogP contribution is 2.25. The van der Waals surface area contributed by atoms with Crippen LogP contribution in [0.2, 0.25) is 10.0 Å². The van der Waals surface area contributed by atoms with Gasteiger partial charge in [0.2, 0.25) is 5.89 Å². The zero-order valence-electron chi connectivity index (χ0n) is 10.4. The summed E-state index contributed by atoms with van der Waals surface area (Å²) in [7, 11) is 1.93. The number of nitrogens with two attached hydrogens (primary N) is 1. The minimum Gasteiger partial charge on any atom is -0.338 e. The third kappa shape index (κ3) is 3.67. The van der Waals surface area contributed by atoms with Crippen LogP contribution in [0.5, 0.6) is 0 Å². The largest absolute Gasteiger partial charge is 0.338 e. The Morgan fingerprint density at radius 2 is 1.95 bits per heavy atom. The van der Waals surface area contributed by atoms with E-state index in [1.165, 1.54) is 0 Å². The molecule has 102 valence electrons. The SMILES string of the molecule is CN(Cc1noc(CN)n1)Cc1c(Cl)cccc1Cl. The van der Waals surface area contributed by atoms with E-state index in [4.69, 9.17) is 33.5 Å². The van der Waals surface area contributed by atoms with Crippen LogP contribution in [-0.2, 0) is 19.6 Å². The van der Waals surface area contributed by atoms with E-state index in [9.17, 15) is 0 Å². The predicted octanol–water partition coefficient (Wildman–Crippen LogP) is 2.47. The number of hydrogen-bond donors (Lipinski definition) is 1. The van der Waals surface area contributed by atoms with Gasteiger partial charge in [0.05, 0.1) is 13.1 Å². The first-order valence-electron chi connectivity index (χ1n) is 5.73. The van der Waals surface area contributed by atoms with Crippen LogP contribution in [0.15, 0.2) is 22.7 Å². The predicted molar refractivity (Wildman–Crippen MR) is 73.8 cm³/mol. The van der Waals surface area contributed by atoms with Crippen LogP contribution in [0.1, 0.15) is 17.3 Å². The van der Waals surface area contributed by atoms with Crippen molar-refractivity contribution in [2.24, 2.45) is 5.73 Å². The van der Waals surface area contributed by atoms with Crippen LogP contribution in [0.3, 0.4) is 0 Å². The highest BCUT2D eigenvalue weighted by Gasteiger charge is 2.11. The smallest absolute Gasteiger partial charge is 0.240 e. The van der Waals surface area contributed by atoms with Gasteiger partial charge in [0.25, 0.3) is 0 Å². The molecule has 0 saturated carbocycles. The molecule has 0 saturated heterocycles. The molecule has 0 aliphatic rings. The average Bonchev–Trinajstić information content (AvgIpc) is 2.81. The molecule has 0 aliphatic heterocycles. The van der Waals surface area contributed by atoms with Crippen molar-refractivity contribution in [3.8, 4) is 0 Å². The van der Waals surface area contributed by atoms with Crippen molar-refractivity contribution in [3.05, 3.63) is 45.5 Å². The van der Waals surface area contributed by atoms with Crippen LogP contribution in [-0.4, -0.2) is 22.1 Å². The molecule has 2 aromatic rings. The molecular weight excluding hydrogens is 287 g/mol. The summed E-state index contributed by atoms with van der Waals surface area (Å²) in [5, 5.41) is 5.14. The summed E-state index contributed by atoms with van der Waals surface area (Å²) in [5.74, 6) is 1.02. The molecule has 1 heterocycles. The fourth-order valence-electron chi connectivity index (χ4n) is 1.69. The summed E-state index contributed by atoms with van der Waals surface area (Å²) < 4.78 is 4.95. The second kappa shape index (κ2) is 6.34.